The molecule has 0 bridgehead atoms. The van der Waals surface area contributed by atoms with Gasteiger partial charge in [0.25, 0.3) is 0 Å². The number of para-hydroxylation sites is 1. The van der Waals surface area contributed by atoms with Crippen molar-refractivity contribution in [1.82, 2.24) is 0 Å². The normalized spacial score (nSPS) is 10.8. The number of nitrogens with one attached hydrogen (secondary N) is 2. The van der Waals surface area contributed by atoms with Crippen molar-refractivity contribution in [3.05, 3.63) is 48.5 Å². The monoisotopic (exact) mass is 337 g/mol. The van der Waals surface area contributed by atoms with Gasteiger partial charge in [-0.1, -0.05) is 18.2 Å². The zero-order chi connectivity index (χ0) is 16.2. The Kier molecular flexibility index (Phi) is 4.84. The van der Waals surface area contributed by atoms with Crippen LogP contribution in [0.25, 0.3) is 0 Å². The lowest BCUT2D eigenvalue weighted by molar-refractivity contribution is 0.485. The summed E-state index contributed by atoms with van der Waals surface area (Å²) < 4.78 is 30.7. The van der Waals surface area contributed by atoms with Gasteiger partial charge < -0.3 is 15.8 Å². The third kappa shape index (κ3) is 4.90. The van der Waals surface area contributed by atoms with Gasteiger partial charge in [-0.2, -0.15) is 0 Å². The lowest BCUT2D eigenvalue weighted by Crippen LogP contribution is -2.19. The van der Waals surface area contributed by atoms with Crippen LogP contribution in [-0.2, 0) is 10.0 Å². The molecular weight excluding hydrogens is 322 g/mol. The molecule has 2 aromatic carbocycles. The van der Waals surface area contributed by atoms with E-state index in [1.54, 1.807) is 30.3 Å². The summed E-state index contributed by atoms with van der Waals surface area (Å²) in [4.78, 5) is 0. The van der Waals surface area contributed by atoms with E-state index in [0.29, 0.717) is 22.9 Å². The van der Waals surface area contributed by atoms with E-state index in [9.17, 15) is 8.42 Å². The van der Waals surface area contributed by atoms with E-state index >= 15 is 0 Å². The molecule has 0 saturated heterocycles. The molecule has 0 aliphatic carbocycles. The van der Waals surface area contributed by atoms with E-state index in [1.165, 1.54) is 0 Å². The van der Waals surface area contributed by atoms with Crippen molar-refractivity contribution in [3.63, 3.8) is 0 Å². The Morgan fingerprint density at radius 1 is 1.18 bits per heavy atom. The highest BCUT2D eigenvalue weighted by atomic mass is 32.2. The van der Waals surface area contributed by atoms with Crippen LogP contribution in [0.4, 0.5) is 11.4 Å². The number of hydrogen-bond acceptors (Lipinski definition) is 4. The summed E-state index contributed by atoms with van der Waals surface area (Å²) in [5.41, 5.74) is 6.33. The maximum Gasteiger partial charge on any atom is 0.229 e. The molecule has 0 spiro atoms. The van der Waals surface area contributed by atoms with Crippen LogP contribution < -0.4 is 20.5 Å². The molecule has 0 unspecified atom stereocenters. The topological polar surface area (TPSA) is 93.5 Å². The Morgan fingerprint density at radius 3 is 2.45 bits per heavy atom. The van der Waals surface area contributed by atoms with Gasteiger partial charge in [-0.05, 0) is 42.5 Å². The largest absolute Gasteiger partial charge is 0.455 e. The number of rotatable bonds is 5. The molecule has 6 nitrogen and oxygen atoms in total. The predicted octanol–water partition coefficient (Wildman–Crippen LogP) is 2.51. The summed E-state index contributed by atoms with van der Waals surface area (Å²) in [5, 5.41) is 2.82. The molecule has 0 aromatic heterocycles. The average molecular weight is 337 g/mol. The number of ether oxygens (including phenoxy) is 1. The number of nitrogens with two attached hydrogens (primary N) is 1. The minimum absolute atomic E-state index is 0.0504. The molecule has 2 aromatic rings. The van der Waals surface area contributed by atoms with Crippen LogP contribution >= 0.6 is 12.2 Å². The van der Waals surface area contributed by atoms with Crippen LogP contribution in [0.15, 0.2) is 48.5 Å². The molecule has 0 heterocycles. The second-order valence-electron chi connectivity index (χ2n) is 4.49. The van der Waals surface area contributed by atoms with Crippen molar-refractivity contribution in [2.45, 2.75) is 0 Å². The smallest absolute Gasteiger partial charge is 0.229 e. The molecule has 0 saturated carbocycles. The highest BCUT2D eigenvalue weighted by molar-refractivity contribution is 7.92. The lowest BCUT2D eigenvalue weighted by atomic mass is 10.2. The second-order valence-corrected chi connectivity index (χ2v) is 6.68. The summed E-state index contributed by atoms with van der Waals surface area (Å²) in [6, 6.07) is 13.9. The maximum absolute atomic E-state index is 11.3. The van der Waals surface area contributed by atoms with Gasteiger partial charge >= 0.3 is 0 Å². The van der Waals surface area contributed by atoms with Crippen LogP contribution in [0, 0.1) is 0 Å². The Bertz CT molecular complexity index is 777. The van der Waals surface area contributed by atoms with E-state index in [1.807, 2.05) is 18.2 Å². The van der Waals surface area contributed by atoms with Gasteiger partial charge in [-0.25, -0.2) is 8.42 Å². The van der Waals surface area contributed by atoms with Crippen LogP contribution in [0.1, 0.15) is 0 Å². The summed E-state index contributed by atoms with van der Waals surface area (Å²) in [6.45, 7) is 0. The Balaban J connectivity index is 2.34. The summed E-state index contributed by atoms with van der Waals surface area (Å²) in [7, 11) is -3.38. The minimum Gasteiger partial charge on any atom is -0.455 e. The van der Waals surface area contributed by atoms with E-state index in [2.05, 4.69) is 10.0 Å². The van der Waals surface area contributed by atoms with Crippen LogP contribution in [0.5, 0.6) is 11.5 Å². The fraction of sp³-hybridized carbons (Fsp3) is 0.0714. The number of benzene rings is 2. The molecule has 0 radical (unpaired) electrons. The average Bonchev–Trinajstić information content (AvgIpc) is 2.40. The fourth-order valence-corrected chi connectivity index (χ4v) is 2.41. The van der Waals surface area contributed by atoms with Crippen LogP contribution in [-0.4, -0.2) is 19.8 Å². The van der Waals surface area contributed by atoms with Gasteiger partial charge in [-0.3, -0.25) is 4.72 Å². The Hall–Kier alpha value is -2.32. The molecular formula is C14H15N3O3S2. The standard InChI is InChI=1S/C14H15N3O3S2/c1-22(18,19)17-10-7-8-13(12(9-10)16-14(15)21)20-11-5-3-2-4-6-11/h2-9,17H,1H3,(H3,15,16,21). The first kappa shape index (κ1) is 16.1. The SMILES string of the molecule is CS(=O)(=O)Nc1ccc(Oc2ccccc2)c(NC(N)=S)c1. The van der Waals surface area contributed by atoms with Crippen molar-refractivity contribution in [1.29, 1.82) is 0 Å². The van der Waals surface area contributed by atoms with Crippen LogP contribution in [0.2, 0.25) is 0 Å². The van der Waals surface area contributed by atoms with Crippen molar-refractivity contribution in [2.75, 3.05) is 16.3 Å². The first-order valence-electron chi connectivity index (χ1n) is 6.25. The third-order valence-corrected chi connectivity index (χ3v) is 3.22. The summed E-state index contributed by atoms with van der Waals surface area (Å²) in [6.07, 6.45) is 1.07. The third-order valence-electron chi connectivity index (χ3n) is 2.51. The van der Waals surface area contributed by atoms with Crippen molar-refractivity contribution < 1.29 is 13.2 Å². The number of anilines is 2. The second kappa shape index (κ2) is 6.63. The molecule has 0 fully saturated rings. The molecule has 22 heavy (non-hydrogen) atoms. The zero-order valence-electron chi connectivity index (χ0n) is 11.7. The van der Waals surface area contributed by atoms with Crippen LogP contribution in [0.3, 0.4) is 0 Å². The molecule has 0 atom stereocenters. The highest BCUT2D eigenvalue weighted by Gasteiger charge is 2.09. The lowest BCUT2D eigenvalue weighted by Gasteiger charge is -2.14. The van der Waals surface area contributed by atoms with Gasteiger partial charge in [0.2, 0.25) is 10.0 Å². The van der Waals surface area contributed by atoms with Gasteiger partial charge in [0, 0.05) is 0 Å². The fourth-order valence-electron chi connectivity index (χ4n) is 1.74. The molecule has 2 rings (SSSR count). The minimum atomic E-state index is -3.38. The highest BCUT2D eigenvalue weighted by Crippen LogP contribution is 2.32. The summed E-state index contributed by atoms with van der Waals surface area (Å²) >= 11 is 4.83. The van der Waals surface area contributed by atoms with E-state index in [0.717, 1.165) is 6.26 Å². The van der Waals surface area contributed by atoms with E-state index in [-0.39, 0.29) is 5.11 Å². The predicted molar refractivity (Wildman–Crippen MR) is 91.8 cm³/mol. The van der Waals surface area contributed by atoms with Gasteiger partial charge in [0.15, 0.2) is 10.9 Å². The number of sulfonamides is 1. The molecule has 116 valence electrons. The first-order chi connectivity index (χ1) is 10.3. The van der Waals surface area contributed by atoms with Crippen molar-refractivity contribution >= 4 is 38.7 Å². The van der Waals surface area contributed by atoms with Gasteiger partial charge in [0.05, 0.1) is 17.6 Å². The molecule has 4 N–H and O–H groups in total. The van der Waals surface area contributed by atoms with Crippen molar-refractivity contribution in [2.24, 2.45) is 5.73 Å². The Labute approximate surface area is 134 Å². The maximum atomic E-state index is 11.3. The Morgan fingerprint density at radius 2 is 1.86 bits per heavy atom. The molecule has 0 aliphatic heterocycles. The van der Waals surface area contributed by atoms with Gasteiger partial charge in [0.1, 0.15) is 5.75 Å². The quantitative estimate of drug-likeness (QED) is 0.726. The van der Waals surface area contributed by atoms with E-state index in [4.69, 9.17) is 22.7 Å². The summed E-state index contributed by atoms with van der Waals surface area (Å²) in [5.74, 6) is 1.11. The zero-order valence-corrected chi connectivity index (χ0v) is 13.4. The molecule has 8 heteroatoms. The van der Waals surface area contributed by atoms with Gasteiger partial charge in [-0.15, -0.1) is 0 Å². The van der Waals surface area contributed by atoms with Crippen molar-refractivity contribution in [3.8, 4) is 11.5 Å². The number of thiocarbonyl (C=S) groups is 1. The molecule has 0 aliphatic rings. The first-order valence-corrected chi connectivity index (χ1v) is 8.55. The molecule has 0 amide bonds. The number of hydrogen-bond donors (Lipinski definition) is 3. The van der Waals surface area contributed by atoms with E-state index < -0.39 is 10.0 Å².